The number of methoxy groups -OCH3 is 2. The molecule has 0 radical (unpaired) electrons. The van der Waals surface area contributed by atoms with Crippen LogP contribution in [0, 0.1) is 5.82 Å². The van der Waals surface area contributed by atoms with Gasteiger partial charge in [-0.2, -0.15) is 0 Å². The number of benzene rings is 3. The van der Waals surface area contributed by atoms with E-state index in [4.69, 9.17) is 37.4 Å². The summed E-state index contributed by atoms with van der Waals surface area (Å²) in [7, 11) is 4.52. The molecule has 5 aromatic rings. The van der Waals surface area contributed by atoms with Crippen molar-refractivity contribution in [3.63, 3.8) is 0 Å². The lowest BCUT2D eigenvalue weighted by Crippen LogP contribution is -2.59. The first-order valence-corrected chi connectivity index (χ1v) is 18.7. The van der Waals surface area contributed by atoms with Crippen LogP contribution in [0.15, 0.2) is 80.6 Å². The number of carbonyl (C=O) groups excluding carboxylic acids is 2. The fourth-order valence-electron chi connectivity index (χ4n) is 8.34. The zero-order chi connectivity index (χ0) is 40.7. The van der Waals surface area contributed by atoms with Crippen molar-refractivity contribution in [2.45, 2.75) is 54.6 Å². The molecule has 296 valence electrons. The number of allylic oxidation sites excluding steroid dienone is 2. The van der Waals surface area contributed by atoms with Gasteiger partial charge in [-0.25, -0.2) is 37.8 Å². The van der Waals surface area contributed by atoms with Crippen molar-refractivity contribution >= 4 is 51.7 Å². The number of nitrogens with zero attached hydrogens (tertiary/aromatic N) is 6. The highest BCUT2D eigenvalue weighted by atomic mass is 35.5. The summed E-state index contributed by atoms with van der Waals surface area (Å²) in [4.78, 5) is 71.9. The fourth-order valence-corrected chi connectivity index (χ4v) is 9.26. The molecule has 3 aromatic carbocycles. The summed E-state index contributed by atoms with van der Waals surface area (Å²) in [5.41, 5.74) is -0.0947. The molecule has 2 fully saturated rings. The highest BCUT2D eigenvalue weighted by Gasteiger charge is 2.75. The van der Waals surface area contributed by atoms with Gasteiger partial charge in [0.25, 0.3) is 17.4 Å². The molecule has 4 atom stereocenters. The molecule has 1 saturated carbocycles. The van der Waals surface area contributed by atoms with Crippen LogP contribution in [-0.4, -0.2) is 71.0 Å². The standard InChI is InChI=1S/C39H35Cl2FN6O9/c1-5-57-29-16-20(6-11-28(29)49)32-23-12-15-46-36(53)45(14-13-24-33(50)44(2)26-18-31(56-4)30(55-3)17-25(26)43-24)37(54)48(46)27(23)19-38(40)34(51)47(35(52)39(32,38)41)22-9-7-21(42)8-10-22/h6-12,16-18,27,32,49H,5,13-15,19H2,1-4H3. The first-order chi connectivity index (χ1) is 27.2. The molecule has 15 nitrogen and oxygen atoms in total. The molecule has 2 amide bonds. The minimum Gasteiger partial charge on any atom is -0.504 e. The number of ether oxygens (including phenoxy) is 3. The van der Waals surface area contributed by atoms with Crippen LogP contribution < -0.4 is 36.0 Å². The molecule has 1 aliphatic carbocycles. The lowest BCUT2D eigenvalue weighted by Gasteiger charge is -2.49. The number of aryl methyl sites for hydroxylation is 2. The second-order valence-corrected chi connectivity index (χ2v) is 15.2. The molecule has 1 N–H and O–H groups in total. The SMILES string of the molecule is CCOc1cc(C2C3=CCn4c(=O)n(CCc5nc6cc(OC)c(OC)cc6n(C)c5=O)c(=O)n4C3CC3(Cl)C(=O)N(c4ccc(F)cc4)C(=O)C23Cl)ccc1O. The maximum absolute atomic E-state index is 14.6. The van der Waals surface area contributed by atoms with Crippen LogP contribution in [0.5, 0.6) is 23.0 Å². The van der Waals surface area contributed by atoms with Crippen molar-refractivity contribution in [1.82, 2.24) is 23.5 Å². The molecule has 8 rings (SSSR count). The number of aromatic nitrogens is 5. The molecule has 4 heterocycles. The summed E-state index contributed by atoms with van der Waals surface area (Å²) in [6.45, 7) is 1.56. The number of anilines is 1. The zero-order valence-corrected chi connectivity index (χ0v) is 32.5. The molecule has 3 aliphatic rings. The molecule has 0 spiro atoms. The van der Waals surface area contributed by atoms with Gasteiger partial charge in [-0.1, -0.05) is 12.1 Å². The topological polar surface area (TPSA) is 169 Å². The van der Waals surface area contributed by atoms with Gasteiger partial charge >= 0.3 is 11.4 Å². The fraction of sp³-hybridized carbons (Fsp3) is 0.333. The number of phenolic OH excluding ortho intramolecular Hbond substituents is 1. The van der Waals surface area contributed by atoms with E-state index in [-0.39, 0.29) is 55.4 Å². The first-order valence-electron chi connectivity index (χ1n) is 17.9. The molecular formula is C39H35Cl2FN6O9. The minimum absolute atomic E-state index is 0.0310. The van der Waals surface area contributed by atoms with E-state index in [2.05, 4.69) is 4.98 Å². The van der Waals surface area contributed by atoms with E-state index in [1.54, 1.807) is 32.2 Å². The number of alkyl halides is 2. The lowest BCUT2D eigenvalue weighted by atomic mass is 9.64. The van der Waals surface area contributed by atoms with Gasteiger partial charge in [0.05, 0.1) is 50.1 Å². The van der Waals surface area contributed by atoms with Gasteiger partial charge in [0.1, 0.15) is 11.5 Å². The Morgan fingerprint density at radius 1 is 0.930 bits per heavy atom. The molecule has 1 saturated heterocycles. The van der Waals surface area contributed by atoms with Crippen LogP contribution in [-0.2, 0) is 36.1 Å². The molecule has 18 heteroatoms. The number of carbonyl (C=O) groups is 2. The van der Waals surface area contributed by atoms with Gasteiger partial charge in [-0.05, 0) is 54.5 Å². The number of imide groups is 1. The highest BCUT2D eigenvalue weighted by Crippen LogP contribution is 2.64. The molecule has 2 aromatic heterocycles. The third-order valence-corrected chi connectivity index (χ3v) is 12.5. The Bertz CT molecular complexity index is 2740. The molecule has 0 bridgehead atoms. The number of amides is 2. The van der Waals surface area contributed by atoms with Crippen molar-refractivity contribution in [1.29, 1.82) is 0 Å². The van der Waals surface area contributed by atoms with Gasteiger partial charge in [0, 0.05) is 44.5 Å². The Morgan fingerprint density at radius 3 is 2.32 bits per heavy atom. The van der Waals surface area contributed by atoms with E-state index in [0.29, 0.717) is 33.7 Å². The first kappa shape index (κ1) is 38.0. The Hall–Kier alpha value is -5.87. The van der Waals surface area contributed by atoms with Crippen molar-refractivity contribution in [3.8, 4) is 23.0 Å². The van der Waals surface area contributed by atoms with Gasteiger partial charge in [0.2, 0.25) is 0 Å². The Kier molecular flexibility index (Phi) is 9.11. The predicted molar refractivity (Wildman–Crippen MR) is 207 cm³/mol. The normalized spacial score (nSPS) is 22.6. The lowest BCUT2D eigenvalue weighted by molar-refractivity contribution is -0.122. The van der Waals surface area contributed by atoms with Crippen LogP contribution in [0.3, 0.4) is 0 Å². The van der Waals surface area contributed by atoms with E-state index in [1.807, 2.05) is 0 Å². The Balaban J connectivity index is 1.23. The summed E-state index contributed by atoms with van der Waals surface area (Å²) in [6.07, 6.45) is 1.19. The summed E-state index contributed by atoms with van der Waals surface area (Å²) < 4.78 is 35.2. The number of phenols is 1. The third-order valence-electron chi connectivity index (χ3n) is 11.1. The van der Waals surface area contributed by atoms with E-state index < -0.39 is 56.3 Å². The van der Waals surface area contributed by atoms with Crippen molar-refractivity contribution in [3.05, 3.63) is 115 Å². The van der Waals surface area contributed by atoms with Gasteiger partial charge in [0.15, 0.2) is 32.7 Å². The van der Waals surface area contributed by atoms with Crippen LogP contribution in [0.2, 0.25) is 0 Å². The number of aromatic hydroxyl groups is 1. The number of halogens is 3. The Morgan fingerprint density at radius 2 is 1.63 bits per heavy atom. The smallest absolute Gasteiger partial charge is 0.347 e. The third kappa shape index (κ3) is 5.44. The molecule has 4 unspecified atom stereocenters. The minimum atomic E-state index is -2.21. The monoisotopic (exact) mass is 820 g/mol. The average Bonchev–Trinajstić information content (AvgIpc) is 3.53. The van der Waals surface area contributed by atoms with Crippen LogP contribution in [0.1, 0.15) is 36.6 Å². The number of rotatable bonds is 9. The van der Waals surface area contributed by atoms with Gasteiger partial charge < -0.3 is 23.9 Å². The Labute approximate surface area is 332 Å². The second kappa shape index (κ2) is 13.7. The van der Waals surface area contributed by atoms with Crippen LogP contribution >= 0.6 is 23.2 Å². The van der Waals surface area contributed by atoms with E-state index in [1.165, 1.54) is 58.5 Å². The predicted octanol–water partition coefficient (Wildman–Crippen LogP) is 3.76. The van der Waals surface area contributed by atoms with Gasteiger partial charge in [-0.3, -0.25) is 14.4 Å². The maximum Gasteiger partial charge on any atom is 0.347 e. The van der Waals surface area contributed by atoms with Crippen molar-refractivity contribution in [2.24, 2.45) is 7.05 Å². The largest absolute Gasteiger partial charge is 0.504 e. The average molecular weight is 822 g/mol. The summed E-state index contributed by atoms with van der Waals surface area (Å²) in [5.74, 6) is -2.88. The van der Waals surface area contributed by atoms with Gasteiger partial charge in [-0.15, -0.1) is 23.2 Å². The quantitative estimate of drug-likeness (QED) is 0.131. The van der Waals surface area contributed by atoms with Crippen molar-refractivity contribution in [2.75, 3.05) is 25.7 Å². The highest BCUT2D eigenvalue weighted by molar-refractivity contribution is 6.58. The van der Waals surface area contributed by atoms with E-state index >= 15 is 0 Å². The number of hydrogen-bond donors (Lipinski definition) is 1. The summed E-state index contributed by atoms with van der Waals surface area (Å²) in [6, 6.07) is 11.2. The van der Waals surface area contributed by atoms with Crippen LogP contribution in [0.4, 0.5) is 10.1 Å². The van der Waals surface area contributed by atoms with E-state index in [0.717, 1.165) is 21.6 Å². The molecule has 57 heavy (non-hydrogen) atoms. The zero-order valence-electron chi connectivity index (χ0n) is 31.0. The summed E-state index contributed by atoms with van der Waals surface area (Å²) in [5, 5.41) is 10.6. The second-order valence-electron chi connectivity index (χ2n) is 14.0. The number of hydrogen-bond acceptors (Lipinski definition) is 10. The molecule has 2 aliphatic heterocycles. The number of fused-ring (bicyclic) bond motifs is 5. The summed E-state index contributed by atoms with van der Waals surface area (Å²) >= 11 is 14.8. The van der Waals surface area contributed by atoms with E-state index in [9.17, 15) is 33.5 Å². The molecular weight excluding hydrogens is 786 g/mol. The maximum atomic E-state index is 14.6. The van der Waals surface area contributed by atoms with Crippen LogP contribution in [0.25, 0.3) is 11.0 Å². The van der Waals surface area contributed by atoms with Crippen molar-refractivity contribution < 1.29 is 33.3 Å².